The molecule has 0 radical (unpaired) electrons. The Morgan fingerprint density at radius 3 is 2.33 bits per heavy atom. The summed E-state index contributed by atoms with van der Waals surface area (Å²) in [4.78, 5) is 26.9. The van der Waals surface area contributed by atoms with Gasteiger partial charge in [-0.25, -0.2) is 13.6 Å². The zero-order valence-corrected chi connectivity index (χ0v) is 10.6. The van der Waals surface area contributed by atoms with Gasteiger partial charge < -0.3 is 10.4 Å². The highest BCUT2D eigenvalue weighted by Gasteiger charge is 2.23. The minimum absolute atomic E-state index is 0.0659. The van der Waals surface area contributed by atoms with Gasteiger partial charge in [-0.15, -0.1) is 0 Å². The maximum atomic E-state index is 13.2. The number of hydrogen-bond donors (Lipinski definition) is 2. The fraction of sp³-hybridized carbons (Fsp3) is 0.0714. The summed E-state index contributed by atoms with van der Waals surface area (Å²) >= 11 is 0. The Labute approximate surface area is 118 Å². The van der Waals surface area contributed by atoms with E-state index in [2.05, 4.69) is 10.3 Å². The molecular formula is C14H10F2N2O3. The highest BCUT2D eigenvalue weighted by Crippen LogP contribution is 2.17. The number of nitrogens with zero attached hydrogens (tertiary/aromatic N) is 1. The third-order valence-corrected chi connectivity index (χ3v) is 2.74. The van der Waals surface area contributed by atoms with Crippen LogP contribution in [-0.2, 0) is 4.79 Å². The predicted octanol–water partition coefficient (Wildman–Crippen LogP) is 1.92. The second kappa shape index (κ2) is 6.08. The molecule has 21 heavy (non-hydrogen) atoms. The van der Waals surface area contributed by atoms with Crippen molar-refractivity contribution in [2.24, 2.45) is 0 Å². The molecule has 2 aromatic rings. The Balaban J connectivity index is 2.26. The van der Waals surface area contributed by atoms with E-state index in [4.69, 9.17) is 5.11 Å². The normalized spacial score (nSPS) is 11.7. The van der Waals surface area contributed by atoms with Gasteiger partial charge in [0.1, 0.15) is 0 Å². The van der Waals surface area contributed by atoms with Crippen molar-refractivity contribution >= 4 is 11.9 Å². The summed E-state index contributed by atoms with van der Waals surface area (Å²) in [5.41, 5.74) is 0.141. The van der Waals surface area contributed by atoms with E-state index in [0.717, 1.165) is 18.2 Å². The van der Waals surface area contributed by atoms with E-state index in [1.165, 1.54) is 24.5 Å². The first kappa shape index (κ1) is 14.6. The topological polar surface area (TPSA) is 79.3 Å². The number of carbonyl (C=O) groups is 2. The number of carboxylic acids is 1. The third-order valence-electron chi connectivity index (χ3n) is 2.74. The zero-order valence-electron chi connectivity index (χ0n) is 10.6. The number of aliphatic carboxylic acids is 1. The van der Waals surface area contributed by atoms with E-state index >= 15 is 0 Å². The van der Waals surface area contributed by atoms with Crippen LogP contribution in [0.15, 0.2) is 42.7 Å². The molecule has 0 aliphatic heterocycles. The van der Waals surface area contributed by atoms with E-state index in [1.54, 1.807) is 0 Å². The Hall–Kier alpha value is -2.83. The van der Waals surface area contributed by atoms with Crippen LogP contribution in [0.3, 0.4) is 0 Å². The zero-order chi connectivity index (χ0) is 15.4. The van der Waals surface area contributed by atoms with Crippen molar-refractivity contribution in [3.63, 3.8) is 0 Å². The number of carbonyl (C=O) groups excluding carboxylic acids is 1. The summed E-state index contributed by atoms with van der Waals surface area (Å²) < 4.78 is 26.0. The minimum atomic E-state index is -1.49. The van der Waals surface area contributed by atoms with Gasteiger partial charge in [-0.05, 0) is 29.8 Å². The van der Waals surface area contributed by atoms with Crippen LogP contribution in [0.1, 0.15) is 22.0 Å². The molecule has 0 aliphatic carbocycles. The Morgan fingerprint density at radius 2 is 1.76 bits per heavy atom. The number of pyridine rings is 1. The molecule has 0 fully saturated rings. The molecule has 108 valence electrons. The maximum absolute atomic E-state index is 13.2. The van der Waals surface area contributed by atoms with E-state index in [9.17, 15) is 18.4 Å². The van der Waals surface area contributed by atoms with Gasteiger partial charge in [0.15, 0.2) is 17.7 Å². The fourth-order valence-electron chi connectivity index (χ4n) is 1.70. The molecule has 0 saturated carbocycles. The molecule has 2 rings (SSSR count). The van der Waals surface area contributed by atoms with Gasteiger partial charge in [-0.2, -0.15) is 0 Å². The van der Waals surface area contributed by atoms with E-state index in [1.807, 2.05) is 0 Å². The summed E-state index contributed by atoms with van der Waals surface area (Å²) in [5.74, 6) is -4.32. The molecule has 1 amide bonds. The average molecular weight is 292 g/mol. The van der Waals surface area contributed by atoms with Gasteiger partial charge in [0.05, 0.1) is 0 Å². The largest absolute Gasteiger partial charge is 0.479 e. The molecule has 1 heterocycles. The molecule has 0 saturated heterocycles. The average Bonchev–Trinajstić information content (AvgIpc) is 2.48. The lowest BCUT2D eigenvalue weighted by Crippen LogP contribution is -2.33. The van der Waals surface area contributed by atoms with Crippen molar-refractivity contribution in [2.45, 2.75) is 6.04 Å². The molecule has 2 N–H and O–H groups in total. The summed E-state index contributed by atoms with van der Waals surface area (Å²) in [6, 6.07) is 3.96. The number of halogens is 2. The number of nitrogens with one attached hydrogen (secondary N) is 1. The smallest absolute Gasteiger partial charge is 0.330 e. The molecular weight excluding hydrogens is 282 g/mol. The van der Waals surface area contributed by atoms with Crippen LogP contribution >= 0.6 is 0 Å². The molecule has 1 aromatic heterocycles. The molecule has 0 spiro atoms. The fourth-order valence-corrected chi connectivity index (χ4v) is 1.70. The molecule has 0 unspecified atom stereocenters. The van der Waals surface area contributed by atoms with Gasteiger partial charge >= 0.3 is 5.97 Å². The molecule has 1 aromatic carbocycles. The molecule has 5 nitrogen and oxygen atoms in total. The summed E-state index contributed by atoms with van der Waals surface area (Å²) in [7, 11) is 0. The molecule has 0 bridgehead atoms. The number of aromatic nitrogens is 1. The Kier molecular flexibility index (Phi) is 4.22. The highest BCUT2D eigenvalue weighted by atomic mass is 19.2. The minimum Gasteiger partial charge on any atom is -0.479 e. The lowest BCUT2D eigenvalue weighted by Gasteiger charge is -2.15. The molecule has 1 atom stereocenters. The van der Waals surface area contributed by atoms with Crippen LogP contribution in [-0.4, -0.2) is 22.0 Å². The molecule has 0 aliphatic rings. The van der Waals surface area contributed by atoms with Crippen LogP contribution in [0.5, 0.6) is 0 Å². The van der Waals surface area contributed by atoms with Crippen molar-refractivity contribution in [3.8, 4) is 0 Å². The number of hydrogen-bond acceptors (Lipinski definition) is 3. The van der Waals surface area contributed by atoms with E-state index in [-0.39, 0.29) is 11.1 Å². The van der Waals surface area contributed by atoms with Crippen molar-refractivity contribution in [3.05, 3.63) is 65.5 Å². The lowest BCUT2D eigenvalue weighted by atomic mass is 10.1. The van der Waals surface area contributed by atoms with Gasteiger partial charge in [0, 0.05) is 18.0 Å². The van der Waals surface area contributed by atoms with Crippen LogP contribution in [0.4, 0.5) is 8.78 Å². The number of amides is 1. The van der Waals surface area contributed by atoms with Crippen LogP contribution < -0.4 is 5.32 Å². The van der Waals surface area contributed by atoms with E-state index in [0.29, 0.717) is 0 Å². The standard InChI is InChI=1S/C14H10F2N2O3/c15-10-2-1-9(7-11(10)16)12(14(20)21)18-13(19)8-3-5-17-6-4-8/h1-7,12H,(H,18,19)(H,20,21)/t12-/m0/s1. The second-order valence-electron chi connectivity index (χ2n) is 4.15. The Morgan fingerprint density at radius 1 is 1.10 bits per heavy atom. The highest BCUT2D eigenvalue weighted by molar-refractivity contribution is 5.96. The summed E-state index contributed by atoms with van der Waals surface area (Å²) in [5, 5.41) is 11.4. The maximum Gasteiger partial charge on any atom is 0.330 e. The van der Waals surface area contributed by atoms with Gasteiger partial charge in [0.25, 0.3) is 5.91 Å². The third kappa shape index (κ3) is 3.38. The quantitative estimate of drug-likeness (QED) is 0.902. The van der Waals surface area contributed by atoms with Gasteiger partial charge in [0.2, 0.25) is 0 Å². The number of carboxylic acid groups (broad SMARTS) is 1. The van der Waals surface area contributed by atoms with Crippen molar-refractivity contribution < 1.29 is 23.5 Å². The number of rotatable bonds is 4. The SMILES string of the molecule is O=C(N[C@H](C(=O)O)c1ccc(F)c(F)c1)c1ccncc1. The van der Waals surface area contributed by atoms with Crippen LogP contribution in [0.25, 0.3) is 0 Å². The van der Waals surface area contributed by atoms with Gasteiger partial charge in [-0.1, -0.05) is 6.07 Å². The van der Waals surface area contributed by atoms with Crippen molar-refractivity contribution in [2.75, 3.05) is 0 Å². The van der Waals surface area contributed by atoms with Gasteiger partial charge in [-0.3, -0.25) is 9.78 Å². The van der Waals surface area contributed by atoms with Crippen LogP contribution in [0, 0.1) is 11.6 Å². The lowest BCUT2D eigenvalue weighted by molar-refractivity contribution is -0.139. The first-order valence-corrected chi connectivity index (χ1v) is 5.87. The second-order valence-corrected chi connectivity index (χ2v) is 4.15. The summed E-state index contributed by atoms with van der Waals surface area (Å²) in [6.45, 7) is 0. The Bertz CT molecular complexity index is 677. The first-order chi connectivity index (χ1) is 9.99. The van der Waals surface area contributed by atoms with Crippen molar-refractivity contribution in [1.82, 2.24) is 10.3 Å². The van der Waals surface area contributed by atoms with Crippen LogP contribution in [0.2, 0.25) is 0 Å². The summed E-state index contributed by atoms with van der Waals surface area (Å²) in [6.07, 6.45) is 2.75. The number of benzene rings is 1. The van der Waals surface area contributed by atoms with E-state index < -0.39 is 29.6 Å². The first-order valence-electron chi connectivity index (χ1n) is 5.87. The molecule has 7 heteroatoms. The predicted molar refractivity (Wildman–Crippen MR) is 68.4 cm³/mol. The van der Waals surface area contributed by atoms with Crippen molar-refractivity contribution in [1.29, 1.82) is 0 Å². The monoisotopic (exact) mass is 292 g/mol.